The third-order valence-corrected chi connectivity index (χ3v) is 10.8. The highest BCUT2D eigenvalue weighted by atomic mass is 16.5. The molecule has 0 aromatic rings. The first-order valence-corrected chi connectivity index (χ1v) is 20.7. The van der Waals surface area contributed by atoms with Crippen molar-refractivity contribution in [3.63, 3.8) is 0 Å². The third kappa shape index (κ3) is 10.4. The Bertz CT molecular complexity index is 2160. The van der Waals surface area contributed by atoms with Gasteiger partial charge in [0.1, 0.15) is 0 Å². The summed E-state index contributed by atoms with van der Waals surface area (Å²) in [6.45, 7) is 13.3. The van der Waals surface area contributed by atoms with Crippen LogP contribution in [0.1, 0.15) is 143 Å². The summed E-state index contributed by atoms with van der Waals surface area (Å²) in [6, 6.07) is 32.8. The number of carbonyl (C=O) groups excluding carboxylic acids is 4. The zero-order valence-electron chi connectivity index (χ0n) is 35.0. The van der Waals surface area contributed by atoms with Crippen LogP contribution in [0.15, 0.2) is 103 Å². The molecule has 6 aliphatic carbocycles. The third-order valence-electron chi connectivity index (χ3n) is 10.8. The van der Waals surface area contributed by atoms with Crippen LogP contribution in [-0.4, -0.2) is 50.3 Å². The Kier molecular flexibility index (Phi) is 14.2. The molecule has 8 nitrogen and oxygen atoms in total. The van der Waals surface area contributed by atoms with Crippen LogP contribution in [-0.2, 0) is 18.9 Å². The number of rotatable bonds is 17. The first-order chi connectivity index (χ1) is 28.4. The van der Waals surface area contributed by atoms with Crippen molar-refractivity contribution in [3.8, 4) is 33.4 Å². The molecule has 0 amide bonds. The quantitative estimate of drug-likeness (QED) is 0.0510. The molecular weight excluding hydrogens is 741 g/mol. The van der Waals surface area contributed by atoms with E-state index in [-0.39, 0.29) is 55.4 Å². The maximum absolute atomic E-state index is 13.4. The van der Waals surface area contributed by atoms with Crippen molar-refractivity contribution in [1.29, 1.82) is 0 Å². The number of hydrogen-bond donors (Lipinski definition) is 0. The first kappa shape index (κ1) is 42.6. The van der Waals surface area contributed by atoms with Crippen molar-refractivity contribution in [2.24, 2.45) is 0 Å². The summed E-state index contributed by atoms with van der Waals surface area (Å²) < 4.78 is 22.5. The van der Waals surface area contributed by atoms with E-state index in [0.29, 0.717) is 59.8 Å². The molecule has 0 aromatic heterocycles. The standard InChI is InChI=1S/C51H54O8/c1-32(2)35-11-13-38-19-25-44(40(38)21-15-35)48(52)56-27-7-9-29-58-50(54)46-31-47(43-24-18-37(34(5)6)17-23-42(43)46)51(55)59-30-10-8-28-57-49(53)45-26-20-39-14-12-36(33(3)4)16-22-41(39)45/h11-26,31-34H,7-10,27-30H2,1-6H3. The number of ether oxygens (including phenoxy) is 4. The van der Waals surface area contributed by atoms with E-state index in [1.807, 2.05) is 72.8 Å². The van der Waals surface area contributed by atoms with Crippen LogP contribution in [0.2, 0.25) is 0 Å². The number of hydrogen-bond acceptors (Lipinski definition) is 8. The Hall–Kier alpha value is -6.02. The molecule has 0 aliphatic heterocycles. The fourth-order valence-electron chi connectivity index (χ4n) is 7.11. The predicted molar refractivity (Wildman–Crippen MR) is 231 cm³/mol. The van der Waals surface area contributed by atoms with Crippen molar-refractivity contribution in [3.05, 3.63) is 142 Å². The average Bonchev–Trinajstić information content (AvgIpc) is 3.74. The second-order valence-corrected chi connectivity index (χ2v) is 16.0. The molecule has 0 atom stereocenters. The Morgan fingerprint density at radius 2 is 0.627 bits per heavy atom. The highest BCUT2D eigenvalue weighted by molar-refractivity contribution is 6.08. The molecule has 0 saturated heterocycles. The van der Waals surface area contributed by atoms with E-state index in [9.17, 15) is 19.2 Å². The van der Waals surface area contributed by atoms with Crippen molar-refractivity contribution >= 4 is 23.9 Å². The Balaban J connectivity index is 0.987. The summed E-state index contributed by atoms with van der Waals surface area (Å²) in [7, 11) is 0. The van der Waals surface area contributed by atoms with Crippen LogP contribution >= 0.6 is 0 Å². The topological polar surface area (TPSA) is 105 Å². The minimum Gasteiger partial charge on any atom is -0.462 e. The van der Waals surface area contributed by atoms with Crippen molar-refractivity contribution in [2.45, 2.75) is 85.0 Å². The lowest BCUT2D eigenvalue weighted by atomic mass is 10.1. The Morgan fingerprint density at radius 1 is 0.356 bits per heavy atom. The van der Waals surface area contributed by atoms with Crippen LogP contribution in [0.5, 0.6) is 0 Å². The molecule has 0 saturated carbocycles. The van der Waals surface area contributed by atoms with Crippen molar-refractivity contribution in [2.75, 3.05) is 26.4 Å². The fraction of sp³-hybridized carbons (Fsp3) is 0.333. The van der Waals surface area contributed by atoms with Crippen LogP contribution in [0.25, 0.3) is 33.4 Å². The van der Waals surface area contributed by atoms with Gasteiger partial charge in [0.25, 0.3) is 0 Å². The van der Waals surface area contributed by atoms with Crippen LogP contribution in [0.4, 0.5) is 0 Å². The largest absolute Gasteiger partial charge is 0.462 e. The highest BCUT2D eigenvalue weighted by Gasteiger charge is 2.26. The van der Waals surface area contributed by atoms with Crippen LogP contribution < -0.4 is 0 Å². The maximum Gasteiger partial charge on any atom is 0.338 e. The van der Waals surface area contributed by atoms with E-state index < -0.39 is 11.9 Å². The molecule has 0 aromatic carbocycles. The predicted octanol–water partition coefficient (Wildman–Crippen LogP) is 12.0. The molecule has 0 N–H and O–H groups in total. The molecule has 306 valence electrons. The summed E-state index contributed by atoms with van der Waals surface area (Å²) in [5.41, 5.74) is 9.92. The van der Waals surface area contributed by atoms with Gasteiger partial charge >= 0.3 is 23.9 Å². The van der Waals surface area contributed by atoms with Gasteiger partial charge < -0.3 is 18.9 Å². The van der Waals surface area contributed by atoms with E-state index in [2.05, 4.69) is 53.7 Å². The molecule has 6 rings (SSSR count). The molecule has 0 fully saturated rings. The highest BCUT2D eigenvalue weighted by Crippen LogP contribution is 2.35. The minimum absolute atomic E-state index is 0.121. The molecule has 0 heterocycles. The maximum atomic E-state index is 13.4. The zero-order chi connectivity index (χ0) is 42.1. The second-order valence-electron chi connectivity index (χ2n) is 16.0. The summed E-state index contributed by atoms with van der Waals surface area (Å²) in [6.07, 6.45) is 2.00. The normalized spacial score (nSPS) is 11.5. The van der Waals surface area contributed by atoms with Gasteiger partial charge in [-0.25, -0.2) is 19.2 Å². The zero-order valence-corrected chi connectivity index (χ0v) is 35.0. The monoisotopic (exact) mass is 794 g/mol. The van der Waals surface area contributed by atoms with Crippen molar-refractivity contribution < 1.29 is 38.1 Å². The number of unbranched alkanes of at least 4 members (excludes halogenated alkanes) is 2. The number of carbonyl (C=O) groups is 4. The van der Waals surface area contributed by atoms with Gasteiger partial charge in [-0.3, -0.25) is 0 Å². The summed E-state index contributed by atoms with van der Waals surface area (Å²) in [5.74, 6) is -0.873. The molecule has 0 spiro atoms. The first-order valence-electron chi connectivity index (χ1n) is 20.7. The van der Waals surface area contributed by atoms with E-state index in [1.54, 1.807) is 12.1 Å². The lowest BCUT2D eigenvalue weighted by molar-refractivity contribution is 0.0430. The molecule has 8 heteroatoms. The molecule has 0 bridgehead atoms. The van der Waals surface area contributed by atoms with Gasteiger partial charge in [-0.2, -0.15) is 0 Å². The summed E-state index contributed by atoms with van der Waals surface area (Å²) in [4.78, 5) is 52.7. The smallest absolute Gasteiger partial charge is 0.338 e. The van der Waals surface area contributed by atoms with Crippen LogP contribution in [0, 0.1) is 0 Å². The van der Waals surface area contributed by atoms with Gasteiger partial charge in [0.05, 0.1) is 48.7 Å². The molecule has 6 aliphatic rings. The van der Waals surface area contributed by atoms with Crippen LogP contribution in [0.3, 0.4) is 0 Å². The molecule has 0 radical (unpaired) electrons. The molecule has 0 unspecified atom stereocenters. The summed E-state index contributed by atoms with van der Waals surface area (Å²) >= 11 is 0. The van der Waals surface area contributed by atoms with E-state index in [4.69, 9.17) is 18.9 Å². The molecular formula is C51H54O8. The van der Waals surface area contributed by atoms with Crippen molar-refractivity contribution in [1.82, 2.24) is 0 Å². The van der Waals surface area contributed by atoms with Gasteiger partial charge in [0.2, 0.25) is 0 Å². The Morgan fingerprint density at radius 3 is 0.949 bits per heavy atom. The van der Waals surface area contributed by atoms with E-state index >= 15 is 0 Å². The van der Waals surface area contributed by atoms with Gasteiger partial charge in [-0.15, -0.1) is 0 Å². The Labute approximate surface area is 347 Å². The lowest BCUT2D eigenvalue weighted by Crippen LogP contribution is -2.10. The van der Waals surface area contributed by atoms with E-state index in [1.165, 1.54) is 17.2 Å². The second kappa shape index (κ2) is 19.6. The van der Waals surface area contributed by atoms with E-state index in [0.717, 1.165) is 27.8 Å². The summed E-state index contributed by atoms with van der Waals surface area (Å²) in [5, 5.41) is 0. The lowest BCUT2D eigenvalue weighted by Gasteiger charge is -2.07. The number of esters is 4. The average molecular weight is 795 g/mol. The SMILES string of the molecule is CC(C)c1ccc2ccc(C(=O)OCCCCOC(=O)c3cc(C(=O)OCCCCOC(=O)c4ccc5ccc(C(C)C)ccc4-5)c4ccc(C(C)C)ccc3-4)c-2cc1. The molecule has 59 heavy (non-hydrogen) atoms. The number of fused-ring (bicyclic) bond motifs is 3. The van der Waals surface area contributed by atoms with Gasteiger partial charge in [0, 0.05) is 0 Å². The fourth-order valence-corrected chi connectivity index (χ4v) is 7.11. The minimum atomic E-state index is -0.547. The van der Waals surface area contributed by atoms with Gasteiger partial charge in [-0.05, 0) is 112 Å². The van der Waals surface area contributed by atoms with Gasteiger partial charge in [0.15, 0.2) is 0 Å². The van der Waals surface area contributed by atoms with Gasteiger partial charge in [-0.1, -0.05) is 126 Å².